The van der Waals surface area contributed by atoms with Crippen LogP contribution < -0.4 is 0 Å². The molecular weight excluding hydrogens is 346 g/mol. The molecule has 0 unspecified atom stereocenters. The van der Waals surface area contributed by atoms with E-state index >= 15 is 0 Å². The Kier molecular flexibility index (Phi) is 6.82. The number of ether oxygens (including phenoxy) is 2. The molecule has 2 heterocycles. The molecule has 1 aromatic heterocycles. The van der Waals surface area contributed by atoms with Gasteiger partial charge in [0.15, 0.2) is 0 Å². The van der Waals surface area contributed by atoms with Crippen molar-refractivity contribution in [2.75, 3.05) is 53.0 Å². The van der Waals surface area contributed by atoms with Gasteiger partial charge in [0.1, 0.15) is 5.58 Å². The summed E-state index contributed by atoms with van der Waals surface area (Å²) in [5.41, 5.74) is 1.79. The lowest BCUT2D eigenvalue weighted by Crippen LogP contribution is -2.41. The summed E-state index contributed by atoms with van der Waals surface area (Å²) in [7, 11) is 1.34. The lowest BCUT2D eigenvalue weighted by Gasteiger charge is -2.29. The van der Waals surface area contributed by atoms with Gasteiger partial charge in [-0.15, -0.1) is 0 Å². The molecule has 1 aliphatic heterocycles. The Morgan fingerprint density at radius 2 is 2.11 bits per heavy atom. The topological polar surface area (TPSA) is 78.9 Å². The number of methoxy groups -OCH3 is 1. The summed E-state index contributed by atoms with van der Waals surface area (Å²) in [5, 5.41) is 9.83. The molecule has 0 saturated carbocycles. The summed E-state index contributed by atoms with van der Waals surface area (Å²) in [6, 6.07) is 9.84. The van der Waals surface area contributed by atoms with Crippen LogP contribution in [0.5, 0.6) is 0 Å². The van der Waals surface area contributed by atoms with E-state index in [-0.39, 0.29) is 5.76 Å². The molecule has 0 atom stereocenters. The molecule has 1 aliphatic rings. The third kappa shape index (κ3) is 5.30. The number of rotatable bonds is 8. The second kappa shape index (κ2) is 9.51. The van der Waals surface area contributed by atoms with Crippen LogP contribution in [0.15, 0.2) is 28.7 Å². The Balaban J connectivity index is 1.66. The van der Waals surface area contributed by atoms with Gasteiger partial charge in [0.25, 0.3) is 0 Å². The van der Waals surface area contributed by atoms with Crippen LogP contribution in [0, 0.1) is 11.3 Å². The van der Waals surface area contributed by atoms with Crippen molar-refractivity contribution in [3.8, 4) is 6.07 Å². The summed E-state index contributed by atoms with van der Waals surface area (Å²) in [5.74, 6) is -0.271. The normalized spacial score (nSPS) is 15.1. The van der Waals surface area contributed by atoms with Crippen LogP contribution in [0.2, 0.25) is 0 Å². The average molecular weight is 371 g/mol. The van der Waals surface area contributed by atoms with E-state index < -0.39 is 5.97 Å². The monoisotopic (exact) mass is 371 g/mol. The standard InChI is InChI=1S/C20H25N3O4/c1-25-20(24)19-14-17-13-16(3-4-18(17)27-19)15-23(6-2-5-21)8-7-22-9-11-26-12-10-22/h3-4,13-14H,2,6-12,15H2,1H3. The smallest absolute Gasteiger partial charge is 0.373 e. The minimum atomic E-state index is -0.478. The molecule has 2 aromatic rings. The maximum atomic E-state index is 11.6. The molecule has 3 rings (SSSR count). The Morgan fingerprint density at radius 1 is 1.30 bits per heavy atom. The number of esters is 1. The highest BCUT2D eigenvalue weighted by molar-refractivity contribution is 5.92. The molecule has 1 saturated heterocycles. The van der Waals surface area contributed by atoms with E-state index in [0.29, 0.717) is 12.0 Å². The fraction of sp³-hybridized carbons (Fsp3) is 0.500. The van der Waals surface area contributed by atoms with Crippen LogP contribution in [-0.4, -0.2) is 68.8 Å². The van der Waals surface area contributed by atoms with E-state index in [0.717, 1.165) is 63.4 Å². The number of carbonyl (C=O) groups is 1. The van der Waals surface area contributed by atoms with E-state index in [1.54, 1.807) is 6.07 Å². The molecule has 7 heteroatoms. The lowest BCUT2D eigenvalue weighted by atomic mass is 10.1. The fourth-order valence-corrected chi connectivity index (χ4v) is 3.24. The molecule has 0 aliphatic carbocycles. The molecule has 144 valence electrons. The highest BCUT2D eigenvalue weighted by Gasteiger charge is 2.15. The maximum Gasteiger partial charge on any atom is 0.373 e. The van der Waals surface area contributed by atoms with Crippen LogP contribution in [-0.2, 0) is 16.0 Å². The second-order valence-corrected chi connectivity index (χ2v) is 6.61. The second-order valence-electron chi connectivity index (χ2n) is 6.61. The summed E-state index contributed by atoms with van der Waals surface area (Å²) < 4.78 is 15.6. The third-order valence-electron chi connectivity index (χ3n) is 4.75. The summed E-state index contributed by atoms with van der Waals surface area (Å²) in [6.07, 6.45) is 0.504. The number of fused-ring (bicyclic) bond motifs is 1. The van der Waals surface area contributed by atoms with E-state index in [1.807, 2.05) is 18.2 Å². The number of carbonyl (C=O) groups excluding carboxylic acids is 1. The van der Waals surface area contributed by atoms with Gasteiger partial charge in [0.05, 0.1) is 26.4 Å². The predicted molar refractivity (Wildman–Crippen MR) is 100 cm³/mol. The number of furan rings is 1. The Labute approximate surface area is 159 Å². The van der Waals surface area contributed by atoms with Crippen molar-refractivity contribution in [1.29, 1.82) is 5.26 Å². The molecule has 0 amide bonds. The Morgan fingerprint density at radius 3 is 2.85 bits per heavy atom. The predicted octanol–water partition coefficient (Wildman–Crippen LogP) is 2.27. The van der Waals surface area contributed by atoms with E-state index in [1.165, 1.54) is 7.11 Å². The number of nitriles is 1. The zero-order valence-electron chi connectivity index (χ0n) is 15.6. The van der Waals surface area contributed by atoms with Crippen LogP contribution in [0.25, 0.3) is 11.0 Å². The quantitative estimate of drug-likeness (QED) is 0.659. The molecule has 27 heavy (non-hydrogen) atoms. The van der Waals surface area contributed by atoms with Crippen LogP contribution in [0.1, 0.15) is 22.5 Å². The molecule has 7 nitrogen and oxygen atoms in total. The molecule has 0 radical (unpaired) electrons. The average Bonchev–Trinajstić information content (AvgIpc) is 3.13. The Hall–Kier alpha value is -2.40. The number of morpholine rings is 1. The van der Waals surface area contributed by atoms with Gasteiger partial charge in [-0.25, -0.2) is 4.79 Å². The van der Waals surface area contributed by atoms with E-state index in [4.69, 9.17) is 19.2 Å². The van der Waals surface area contributed by atoms with Crippen molar-refractivity contribution >= 4 is 16.9 Å². The zero-order chi connectivity index (χ0) is 19.1. The molecule has 0 spiro atoms. The van der Waals surface area contributed by atoms with Crippen LogP contribution in [0.3, 0.4) is 0 Å². The van der Waals surface area contributed by atoms with Crippen molar-refractivity contribution in [3.63, 3.8) is 0 Å². The van der Waals surface area contributed by atoms with Crippen molar-refractivity contribution < 1.29 is 18.7 Å². The van der Waals surface area contributed by atoms with E-state index in [2.05, 4.69) is 15.9 Å². The number of nitrogens with zero attached hydrogens (tertiary/aromatic N) is 3. The van der Waals surface area contributed by atoms with Crippen LogP contribution >= 0.6 is 0 Å². The largest absolute Gasteiger partial charge is 0.463 e. The van der Waals surface area contributed by atoms with Gasteiger partial charge < -0.3 is 13.9 Å². The minimum Gasteiger partial charge on any atom is -0.463 e. The van der Waals surface area contributed by atoms with Crippen molar-refractivity contribution in [2.45, 2.75) is 13.0 Å². The van der Waals surface area contributed by atoms with Gasteiger partial charge in [0, 0.05) is 51.1 Å². The highest BCUT2D eigenvalue weighted by Crippen LogP contribution is 2.22. The minimum absolute atomic E-state index is 0.207. The first-order chi connectivity index (χ1) is 13.2. The van der Waals surface area contributed by atoms with Gasteiger partial charge in [-0.1, -0.05) is 6.07 Å². The maximum absolute atomic E-state index is 11.6. The van der Waals surface area contributed by atoms with Gasteiger partial charge in [-0.2, -0.15) is 5.26 Å². The number of hydrogen-bond donors (Lipinski definition) is 0. The van der Waals surface area contributed by atoms with Crippen molar-refractivity contribution in [3.05, 3.63) is 35.6 Å². The molecule has 1 aromatic carbocycles. The fourth-order valence-electron chi connectivity index (χ4n) is 3.24. The van der Waals surface area contributed by atoms with Crippen molar-refractivity contribution in [1.82, 2.24) is 9.80 Å². The van der Waals surface area contributed by atoms with Gasteiger partial charge >= 0.3 is 5.97 Å². The van der Waals surface area contributed by atoms with Crippen molar-refractivity contribution in [2.24, 2.45) is 0 Å². The first-order valence-corrected chi connectivity index (χ1v) is 9.20. The number of benzene rings is 1. The van der Waals surface area contributed by atoms with Gasteiger partial charge in [-0.3, -0.25) is 9.80 Å². The highest BCUT2D eigenvalue weighted by atomic mass is 16.5. The van der Waals surface area contributed by atoms with Crippen LogP contribution in [0.4, 0.5) is 0 Å². The molecule has 1 fully saturated rings. The number of hydrogen-bond acceptors (Lipinski definition) is 7. The summed E-state index contributed by atoms with van der Waals surface area (Å²) >= 11 is 0. The Bertz CT molecular complexity index is 805. The molecule has 0 bridgehead atoms. The summed E-state index contributed by atoms with van der Waals surface area (Å²) in [6.45, 7) is 6.86. The molecular formula is C20H25N3O4. The first-order valence-electron chi connectivity index (χ1n) is 9.20. The van der Waals surface area contributed by atoms with Gasteiger partial charge in [0.2, 0.25) is 5.76 Å². The van der Waals surface area contributed by atoms with Gasteiger partial charge in [-0.05, 0) is 23.8 Å². The zero-order valence-corrected chi connectivity index (χ0v) is 15.6. The SMILES string of the molecule is COC(=O)c1cc2cc(CN(CCC#N)CCN3CCOCC3)ccc2o1. The van der Waals surface area contributed by atoms with E-state index in [9.17, 15) is 4.79 Å². The molecule has 0 N–H and O–H groups in total. The third-order valence-corrected chi connectivity index (χ3v) is 4.75. The first kappa shape index (κ1) is 19.4. The summed E-state index contributed by atoms with van der Waals surface area (Å²) in [4.78, 5) is 16.3. The lowest BCUT2D eigenvalue weighted by molar-refractivity contribution is 0.0330.